The number of hydrogen-bond acceptors (Lipinski definition) is 3. The van der Waals surface area contributed by atoms with Gasteiger partial charge in [0.1, 0.15) is 5.75 Å². The minimum absolute atomic E-state index is 0.0770. The van der Waals surface area contributed by atoms with Gasteiger partial charge in [-0.25, -0.2) is 0 Å². The summed E-state index contributed by atoms with van der Waals surface area (Å²) >= 11 is 0. The van der Waals surface area contributed by atoms with Crippen LogP contribution in [0.3, 0.4) is 0 Å². The van der Waals surface area contributed by atoms with Gasteiger partial charge in [-0.3, -0.25) is 4.79 Å². The van der Waals surface area contributed by atoms with Gasteiger partial charge in [-0.15, -0.1) is 13.2 Å². The minimum Gasteiger partial charge on any atom is -0.406 e. The molecule has 3 rings (SSSR count). The van der Waals surface area contributed by atoms with E-state index in [2.05, 4.69) is 4.74 Å². The van der Waals surface area contributed by atoms with Gasteiger partial charge in [0, 0.05) is 13.1 Å². The number of hydrogen-bond donors (Lipinski definition) is 0. The molecule has 1 fully saturated rings. The van der Waals surface area contributed by atoms with E-state index in [-0.39, 0.29) is 24.4 Å². The molecule has 0 N–H and O–H groups in total. The molecule has 0 bridgehead atoms. The molecule has 2 aromatic rings. The fourth-order valence-corrected chi connectivity index (χ4v) is 3.18. The Balaban J connectivity index is 1.47. The van der Waals surface area contributed by atoms with Crippen molar-refractivity contribution in [3.8, 4) is 5.75 Å². The van der Waals surface area contributed by atoms with Crippen LogP contribution < -0.4 is 4.74 Å². The van der Waals surface area contributed by atoms with Crippen LogP contribution in [0.4, 0.5) is 13.2 Å². The zero-order chi connectivity index (χ0) is 20.0. The SMILES string of the molecule is O=C(Cc1ccccc1)N1CCCC(OCc2ccc(OC(F)(F)F)cc2)C1. The monoisotopic (exact) mass is 393 g/mol. The van der Waals surface area contributed by atoms with Gasteiger partial charge in [0.2, 0.25) is 5.91 Å². The van der Waals surface area contributed by atoms with Gasteiger partial charge < -0.3 is 14.4 Å². The van der Waals surface area contributed by atoms with Crippen LogP contribution in [0, 0.1) is 0 Å². The number of amides is 1. The van der Waals surface area contributed by atoms with Gasteiger partial charge in [-0.1, -0.05) is 42.5 Å². The van der Waals surface area contributed by atoms with E-state index in [4.69, 9.17) is 4.74 Å². The molecule has 1 unspecified atom stereocenters. The van der Waals surface area contributed by atoms with E-state index in [1.165, 1.54) is 12.1 Å². The average molecular weight is 393 g/mol. The summed E-state index contributed by atoms with van der Waals surface area (Å²) in [6.07, 6.45) is -2.70. The lowest BCUT2D eigenvalue weighted by Gasteiger charge is -2.33. The summed E-state index contributed by atoms with van der Waals surface area (Å²) in [6.45, 7) is 1.52. The maximum absolute atomic E-state index is 12.5. The third-order valence-corrected chi connectivity index (χ3v) is 4.57. The molecule has 1 aliphatic rings. The molecule has 1 aliphatic heterocycles. The van der Waals surface area contributed by atoms with Crippen molar-refractivity contribution in [1.82, 2.24) is 4.90 Å². The number of carbonyl (C=O) groups excluding carboxylic acids is 1. The van der Waals surface area contributed by atoms with Gasteiger partial charge in [-0.05, 0) is 36.1 Å². The standard InChI is InChI=1S/C21H22F3NO3/c22-21(23,24)28-18-10-8-17(9-11-18)15-27-19-7-4-12-25(14-19)20(26)13-16-5-2-1-3-6-16/h1-3,5-6,8-11,19H,4,7,12-15H2. The first-order valence-corrected chi connectivity index (χ1v) is 9.17. The van der Waals surface area contributed by atoms with E-state index >= 15 is 0 Å². The molecular formula is C21H22F3NO3. The molecule has 0 radical (unpaired) electrons. The van der Waals surface area contributed by atoms with Crippen molar-refractivity contribution >= 4 is 5.91 Å². The van der Waals surface area contributed by atoms with Crippen molar-refractivity contribution in [2.45, 2.75) is 38.3 Å². The Morgan fingerprint density at radius 2 is 1.75 bits per heavy atom. The first-order valence-electron chi connectivity index (χ1n) is 9.17. The van der Waals surface area contributed by atoms with Crippen LogP contribution >= 0.6 is 0 Å². The summed E-state index contributed by atoms with van der Waals surface area (Å²) in [5.41, 5.74) is 1.74. The highest BCUT2D eigenvalue weighted by Crippen LogP contribution is 2.23. The van der Waals surface area contributed by atoms with Gasteiger partial charge >= 0.3 is 6.36 Å². The molecule has 7 heteroatoms. The van der Waals surface area contributed by atoms with Crippen LogP contribution in [0.5, 0.6) is 5.75 Å². The lowest BCUT2D eigenvalue weighted by molar-refractivity contribution is -0.274. The van der Waals surface area contributed by atoms with E-state index in [9.17, 15) is 18.0 Å². The first-order chi connectivity index (χ1) is 13.4. The number of rotatable bonds is 6. The summed E-state index contributed by atoms with van der Waals surface area (Å²) in [5, 5.41) is 0. The molecule has 0 saturated carbocycles. The molecule has 0 spiro atoms. The molecule has 1 saturated heterocycles. The lowest BCUT2D eigenvalue weighted by atomic mass is 10.1. The van der Waals surface area contributed by atoms with E-state index in [1.54, 1.807) is 12.1 Å². The highest BCUT2D eigenvalue weighted by molar-refractivity contribution is 5.78. The number of likely N-dealkylation sites (tertiary alicyclic amines) is 1. The highest BCUT2D eigenvalue weighted by atomic mass is 19.4. The van der Waals surface area contributed by atoms with Crippen molar-refractivity contribution in [1.29, 1.82) is 0 Å². The fourth-order valence-electron chi connectivity index (χ4n) is 3.18. The highest BCUT2D eigenvalue weighted by Gasteiger charge is 2.31. The predicted molar refractivity (Wildman–Crippen MR) is 97.7 cm³/mol. The molecule has 28 heavy (non-hydrogen) atoms. The summed E-state index contributed by atoms with van der Waals surface area (Å²) in [4.78, 5) is 14.3. The minimum atomic E-state index is -4.70. The molecule has 0 aromatic heterocycles. The zero-order valence-electron chi connectivity index (χ0n) is 15.3. The largest absolute Gasteiger partial charge is 0.573 e. The van der Waals surface area contributed by atoms with E-state index in [0.717, 1.165) is 30.5 Å². The van der Waals surface area contributed by atoms with Crippen LogP contribution in [0.15, 0.2) is 54.6 Å². The second kappa shape index (κ2) is 9.10. The van der Waals surface area contributed by atoms with Crippen molar-refractivity contribution in [2.75, 3.05) is 13.1 Å². The van der Waals surface area contributed by atoms with Crippen molar-refractivity contribution < 1.29 is 27.4 Å². The summed E-state index contributed by atoms with van der Waals surface area (Å²) in [7, 11) is 0. The van der Waals surface area contributed by atoms with E-state index in [0.29, 0.717) is 13.0 Å². The first kappa shape index (κ1) is 20.2. The number of nitrogens with zero attached hydrogens (tertiary/aromatic N) is 1. The molecule has 150 valence electrons. The smallest absolute Gasteiger partial charge is 0.406 e. The normalized spacial score (nSPS) is 17.4. The molecule has 1 atom stereocenters. The predicted octanol–water partition coefficient (Wildman–Crippen LogP) is 4.34. The summed E-state index contributed by atoms with van der Waals surface area (Å²) < 4.78 is 46.3. The van der Waals surface area contributed by atoms with E-state index in [1.807, 2.05) is 35.2 Å². The topological polar surface area (TPSA) is 38.8 Å². The Hall–Kier alpha value is -2.54. The molecule has 0 aliphatic carbocycles. The van der Waals surface area contributed by atoms with E-state index < -0.39 is 6.36 Å². The Bertz CT molecular complexity index is 763. The second-order valence-corrected chi connectivity index (χ2v) is 6.77. The van der Waals surface area contributed by atoms with Crippen LogP contribution in [-0.4, -0.2) is 36.4 Å². The van der Waals surface area contributed by atoms with Gasteiger partial charge in [0.05, 0.1) is 19.1 Å². The molecule has 1 heterocycles. The van der Waals surface area contributed by atoms with Crippen LogP contribution in [0.25, 0.3) is 0 Å². The number of carbonyl (C=O) groups is 1. The maximum Gasteiger partial charge on any atom is 0.573 e. The number of benzene rings is 2. The summed E-state index contributed by atoms with van der Waals surface area (Å²) in [6, 6.07) is 15.2. The summed E-state index contributed by atoms with van der Waals surface area (Å²) in [5.74, 6) is -0.181. The third-order valence-electron chi connectivity index (χ3n) is 4.57. The maximum atomic E-state index is 12.5. The van der Waals surface area contributed by atoms with Crippen LogP contribution in [-0.2, 0) is 22.6 Å². The van der Waals surface area contributed by atoms with Gasteiger partial charge in [-0.2, -0.15) is 0 Å². The van der Waals surface area contributed by atoms with Crippen molar-refractivity contribution in [3.05, 3.63) is 65.7 Å². The second-order valence-electron chi connectivity index (χ2n) is 6.77. The quantitative estimate of drug-likeness (QED) is 0.733. The lowest BCUT2D eigenvalue weighted by Crippen LogP contribution is -2.43. The van der Waals surface area contributed by atoms with Crippen molar-refractivity contribution in [3.63, 3.8) is 0 Å². The number of piperidine rings is 1. The molecule has 1 amide bonds. The number of alkyl halides is 3. The van der Waals surface area contributed by atoms with Crippen molar-refractivity contribution in [2.24, 2.45) is 0 Å². The fraction of sp³-hybridized carbons (Fsp3) is 0.381. The van der Waals surface area contributed by atoms with Crippen LogP contribution in [0.1, 0.15) is 24.0 Å². The Morgan fingerprint density at radius 3 is 2.43 bits per heavy atom. The van der Waals surface area contributed by atoms with Crippen LogP contribution in [0.2, 0.25) is 0 Å². The number of ether oxygens (including phenoxy) is 2. The zero-order valence-corrected chi connectivity index (χ0v) is 15.3. The average Bonchev–Trinajstić information content (AvgIpc) is 2.67. The Kier molecular flexibility index (Phi) is 6.57. The Morgan fingerprint density at radius 1 is 1.04 bits per heavy atom. The third kappa shape index (κ3) is 6.27. The molecule has 2 aromatic carbocycles. The Labute approximate surface area is 161 Å². The molecular weight excluding hydrogens is 371 g/mol. The van der Waals surface area contributed by atoms with Gasteiger partial charge in [0.25, 0.3) is 0 Å². The molecule has 4 nitrogen and oxygen atoms in total. The van der Waals surface area contributed by atoms with Gasteiger partial charge in [0.15, 0.2) is 0 Å². The number of halogens is 3.